The van der Waals surface area contributed by atoms with Crippen LogP contribution in [0, 0.1) is 22.7 Å². The lowest BCUT2D eigenvalue weighted by Crippen LogP contribution is -2.71. The zero-order valence-corrected chi connectivity index (χ0v) is 28.4. The maximum Gasteiger partial charge on any atom is 0.306 e. The molecule has 4 fully saturated rings. The Labute approximate surface area is 273 Å². The van der Waals surface area contributed by atoms with E-state index in [9.17, 15) is 19.5 Å². The lowest BCUT2D eigenvalue weighted by atomic mass is 9.43. The molecule has 0 aromatic rings. The molecule has 260 valence electrons. The number of rotatable bonds is 15. The highest BCUT2D eigenvalue weighted by Crippen LogP contribution is 2.72. The molecule has 4 aliphatic carbocycles. The van der Waals surface area contributed by atoms with E-state index in [-0.39, 0.29) is 49.9 Å². The number of hydrogen-bond donors (Lipinski definition) is 1. The van der Waals surface area contributed by atoms with Gasteiger partial charge in [0.25, 0.3) is 0 Å². The van der Waals surface area contributed by atoms with Gasteiger partial charge in [-0.1, -0.05) is 85.5 Å². The normalized spacial score (nSPS) is 41.3. The Morgan fingerprint density at radius 1 is 1.00 bits per heavy atom. The van der Waals surface area contributed by atoms with Gasteiger partial charge in [-0.25, -0.2) is 8.78 Å². The fourth-order valence-electron chi connectivity index (χ4n) is 10.1. The molecule has 0 radical (unpaired) electrons. The number of carbonyl (C=O) groups is 3. The Morgan fingerprint density at radius 3 is 2.35 bits per heavy atom. The standard InChI is InChI=1S/C37H56F2O7/c1-5-7-8-9-10-11-12-13-14-16-32(43)44-23-30(42)37-31(45-33(46-37)15-6-2)21-25-26-20-28(38)27-19-24(40)17-18-34(27,3)36(26,39)29(41)22-35(25,37)4/h19,25-26,28-29,31,33,41H,5-18,20-23H2,1-4H3/t25-,26-,28-,29-,31+,33?,34-,35-,36-,37+/m0/s1. The highest BCUT2D eigenvalue weighted by Gasteiger charge is 2.80. The zero-order valence-electron chi connectivity index (χ0n) is 28.4. The number of fused-ring (bicyclic) bond motifs is 7. The molecule has 46 heavy (non-hydrogen) atoms. The molecular formula is C37H56F2O7. The first kappa shape index (κ1) is 35.6. The van der Waals surface area contributed by atoms with E-state index < -0.39 is 77.0 Å². The molecule has 0 amide bonds. The van der Waals surface area contributed by atoms with E-state index in [1.807, 2.05) is 13.8 Å². The fourth-order valence-corrected chi connectivity index (χ4v) is 10.1. The molecule has 0 aromatic carbocycles. The minimum absolute atomic E-state index is 0.0880. The topological polar surface area (TPSA) is 99.1 Å². The van der Waals surface area contributed by atoms with Crippen molar-refractivity contribution in [3.05, 3.63) is 11.6 Å². The molecule has 1 saturated heterocycles. The number of ketones is 2. The molecule has 10 atom stereocenters. The molecule has 1 heterocycles. The maximum absolute atomic E-state index is 17.7. The second-order valence-corrected chi connectivity index (χ2v) is 15.3. The van der Waals surface area contributed by atoms with Gasteiger partial charge in [-0.15, -0.1) is 0 Å². The molecule has 1 aliphatic heterocycles. The predicted octanol–water partition coefficient (Wildman–Crippen LogP) is 7.45. The number of unbranched alkanes of at least 4 members (excludes halogenated alkanes) is 8. The minimum Gasteiger partial charge on any atom is -0.458 e. The summed E-state index contributed by atoms with van der Waals surface area (Å²) in [6.45, 7) is 7.18. The van der Waals surface area contributed by atoms with Gasteiger partial charge in [-0.2, -0.15) is 0 Å². The zero-order chi connectivity index (χ0) is 33.3. The van der Waals surface area contributed by atoms with Gasteiger partial charge in [-0.05, 0) is 56.1 Å². The van der Waals surface area contributed by atoms with Crippen LogP contribution in [0.5, 0.6) is 0 Å². The van der Waals surface area contributed by atoms with Crippen LogP contribution in [0.1, 0.15) is 137 Å². The Morgan fingerprint density at radius 2 is 1.67 bits per heavy atom. The molecule has 9 heteroatoms. The summed E-state index contributed by atoms with van der Waals surface area (Å²) in [6, 6.07) is 0. The van der Waals surface area contributed by atoms with Crippen LogP contribution >= 0.6 is 0 Å². The van der Waals surface area contributed by atoms with Crippen LogP contribution < -0.4 is 0 Å². The third-order valence-electron chi connectivity index (χ3n) is 12.6. The Hall–Kier alpha value is -1.71. The molecule has 0 spiro atoms. The van der Waals surface area contributed by atoms with Gasteiger partial charge in [0.2, 0.25) is 5.78 Å². The van der Waals surface area contributed by atoms with Gasteiger partial charge >= 0.3 is 5.97 Å². The quantitative estimate of drug-likeness (QED) is 0.145. The van der Waals surface area contributed by atoms with Crippen LogP contribution in [0.25, 0.3) is 0 Å². The molecule has 7 nitrogen and oxygen atoms in total. The molecule has 0 aromatic heterocycles. The highest BCUT2D eigenvalue weighted by atomic mass is 19.1. The van der Waals surface area contributed by atoms with Gasteiger partial charge in [-0.3, -0.25) is 14.4 Å². The van der Waals surface area contributed by atoms with E-state index in [0.717, 1.165) is 25.7 Å². The van der Waals surface area contributed by atoms with Gasteiger partial charge < -0.3 is 19.3 Å². The van der Waals surface area contributed by atoms with E-state index in [4.69, 9.17) is 14.2 Å². The van der Waals surface area contributed by atoms with E-state index in [2.05, 4.69) is 6.92 Å². The van der Waals surface area contributed by atoms with Gasteiger partial charge in [0.15, 0.2) is 24.3 Å². The molecule has 3 saturated carbocycles. The SMILES string of the molecule is CCCCCCCCCCCC(=O)OCC(=O)[C@@]12OC(CCC)O[C@@H]1C[C@H]1[C@@H]3C[C@H](F)C4=CC(=O)CC[C@]4(C)[C@@]3(F)[C@@H](O)C[C@@]12C. The number of aliphatic hydroxyl groups is 1. The summed E-state index contributed by atoms with van der Waals surface area (Å²) in [5.74, 6) is -2.53. The van der Waals surface area contributed by atoms with Crippen LogP contribution in [-0.4, -0.2) is 65.2 Å². The molecule has 0 bridgehead atoms. The van der Waals surface area contributed by atoms with Crippen molar-refractivity contribution < 1.29 is 42.5 Å². The smallest absolute Gasteiger partial charge is 0.306 e. The first-order valence-electron chi connectivity index (χ1n) is 18.2. The third kappa shape index (κ3) is 5.82. The van der Waals surface area contributed by atoms with Crippen molar-refractivity contribution >= 4 is 17.5 Å². The first-order chi connectivity index (χ1) is 21.9. The summed E-state index contributed by atoms with van der Waals surface area (Å²) in [7, 11) is 0. The summed E-state index contributed by atoms with van der Waals surface area (Å²) in [4.78, 5) is 39.2. The molecular weight excluding hydrogens is 594 g/mol. The summed E-state index contributed by atoms with van der Waals surface area (Å²) in [5, 5.41) is 11.7. The maximum atomic E-state index is 17.7. The minimum atomic E-state index is -2.18. The van der Waals surface area contributed by atoms with Crippen molar-refractivity contribution in [3.63, 3.8) is 0 Å². The molecule has 5 aliphatic rings. The van der Waals surface area contributed by atoms with Gasteiger partial charge in [0.05, 0.1) is 12.2 Å². The number of halogens is 2. The van der Waals surface area contributed by atoms with Crippen LogP contribution in [0.4, 0.5) is 8.78 Å². The van der Waals surface area contributed by atoms with Crippen molar-refractivity contribution in [2.24, 2.45) is 22.7 Å². The number of Topliss-reactive ketones (excluding diaryl/α,β-unsaturated/α-hetero) is 1. The number of ether oxygens (including phenoxy) is 3. The summed E-state index contributed by atoms with van der Waals surface area (Å²) in [6.07, 6.45) is 8.69. The largest absolute Gasteiger partial charge is 0.458 e. The second-order valence-electron chi connectivity index (χ2n) is 15.3. The van der Waals surface area contributed by atoms with Crippen molar-refractivity contribution in [3.8, 4) is 0 Å². The Balaban J connectivity index is 1.30. The monoisotopic (exact) mass is 650 g/mol. The van der Waals surface area contributed by atoms with Crippen molar-refractivity contribution in [2.45, 2.75) is 173 Å². The van der Waals surface area contributed by atoms with Crippen molar-refractivity contribution in [2.75, 3.05) is 6.61 Å². The van der Waals surface area contributed by atoms with E-state index >= 15 is 8.78 Å². The number of allylic oxidation sites excluding steroid dienone is 1. The second kappa shape index (κ2) is 14.0. The number of aliphatic hydroxyl groups excluding tert-OH is 1. The Bertz CT molecular complexity index is 1170. The van der Waals surface area contributed by atoms with E-state index in [0.29, 0.717) is 12.8 Å². The molecule has 5 rings (SSSR count). The summed E-state index contributed by atoms with van der Waals surface area (Å²) in [5.41, 5.74) is -6.01. The van der Waals surface area contributed by atoms with Crippen molar-refractivity contribution in [1.29, 1.82) is 0 Å². The third-order valence-corrected chi connectivity index (χ3v) is 12.6. The van der Waals surface area contributed by atoms with Crippen molar-refractivity contribution in [1.82, 2.24) is 0 Å². The van der Waals surface area contributed by atoms with Crippen LogP contribution in [0.3, 0.4) is 0 Å². The van der Waals surface area contributed by atoms with Crippen LogP contribution in [-0.2, 0) is 28.6 Å². The first-order valence-corrected chi connectivity index (χ1v) is 18.2. The van der Waals surface area contributed by atoms with Crippen LogP contribution in [0.2, 0.25) is 0 Å². The van der Waals surface area contributed by atoms with E-state index in [1.165, 1.54) is 38.2 Å². The Kier molecular flexibility index (Phi) is 10.9. The van der Waals surface area contributed by atoms with Gasteiger partial charge in [0, 0.05) is 29.6 Å². The van der Waals surface area contributed by atoms with Crippen LogP contribution in [0.15, 0.2) is 11.6 Å². The number of alkyl halides is 2. The fraction of sp³-hybridized carbons (Fsp3) is 0.865. The average molecular weight is 651 g/mol. The highest BCUT2D eigenvalue weighted by molar-refractivity contribution is 5.93. The number of hydrogen-bond acceptors (Lipinski definition) is 7. The number of esters is 1. The predicted molar refractivity (Wildman–Crippen MR) is 169 cm³/mol. The van der Waals surface area contributed by atoms with E-state index in [1.54, 1.807) is 6.92 Å². The number of carbonyl (C=O) groups excluding carboxylic acids is 3. The molecule has 1 N–H and O–H groups in total. The summed E-state index contributed by atoms with van der Waals surface area (Å²) >= 11 is 0. The lowest BCUT2D eigenvalue weighted by molar-refractivity contribution is -0.242. The molecule has 1 unspecified atom stereocenters. The lowest BCUT2D eigenvalue weighted by Gasteiger charge is -2.64. The average Bonchev–Trinajstić information content (AvgIpc) is 3.50. The summed E-state index contributed by atoms with van der Waals surface area (Å²) < 4.78 is 51.9. The van der Waals surface area contributed by atoms with Gasteiger partial charge in [0.1, 0.15) is 11.8 Å².